The maximum atomic E-state index is 12.1. The zero-order valence-electron chi connectivity index (χ0n) is 7.24. The molecule has 7 heteroatoms. The predicted octanol–water partition coefficient (Wildman–Crippen LogP) is 3.82. The number of ether oxygens (including phenoxy) is 1. The topological polar surface area (TPSA) is 35.2 Å². The van der Waals surface area contributed by atoms with E-state index in [2.05, 4.69) is 36.6 Å². The Hall–Kier alpha value is -0.430. The number of alkyl halides is 4. The van der Waals surface area contributed by atoms with E-state index >= 15 is 0 Å². The molecule has 0 heterocycles. The van der Waals surface area contributed by atoms with Gasteiger partial charge in [-0.3, -0.25) is 0 Å². The van der Waals surface area contributed by atoms with E-state index in [0.717, 1.165) is 0 Å². The van der Waals surface area contributed by atoms with Crippen molar-refractivity contribution in [2.75, 3.05) is 5.73 Å². The van der Waals surface area contributed by atoms with Gasteiger partial charge in [0.25, 0.3) is 0 Å². The van der Waals surface area contributed by atoms with Gasteiger partial charge in [-0.15, -0.1) is 13.2 Å². The number of nitrogen functional groups attached to an aromatic ring is 1. The summed E-state index contributed by atoms with van der Waals surface area (Å²) < 4.78 is 40.3. The third-order valence-corrected chi connectivity index (χ3v) is 2.79. The predicted molar refractivity (Wildman–Crippen MR) is 57.9 cm³/mol. The Labute approximate surface area is 101 Å². The van der Waals surface area contributed by atoms with Crippen molar-refractivity contribution in [2.45, 2.75) is 11.7 Å². The Bertz CT molecular complexity index is 368. The molecule has 0 bridgehead atoms. The first-order valence-electron chi connectivity index (χ1n) is 3.73. The Balaban J connectivity index is 3.20. The lowest BCUT2D eigenvalue weighted by Gasteiger charge is -2.15. The minimum atomic E-state index is -4.73. The fraction of sp³-hybridized carbons (Fsp3) is 0.250. The third kappa shape index (κ3) is 3.27. The van der Waals surface area contributed by atoms with E-state index < -0.39 is 6.36 Å². The summed E-state index contributed by atoms with van der Waals surface area (Å²) in [5.74, 6) is -0.306. The van der Waals surface area contributed by atoms with Gasteiger partial charge in [-0.1, -0.05) is 15.9 Å². The zero-order valence-corrected chi connectivity index (χ0v) is 10.4. The normalized spacial score (nSPS) is 11.5. The molecule has 0 aliphatic carbocycles. The standard InChI is InChI=1S/C8H6Br2F3NO/c9-3-4-6(14)2-1-5(10)7(4)15-8(11,12)13/h1-2H,3,14H2. The maximum Gasteiger partial charge on any atom is 0.573 e. The van der Waals surface area contributed by atoms with E-state index in [-0.39, 0.29) is 26.8 Å². The largest absolute Gasteiger partial charge is 0.573 e. The molecule has 0 spiro atoms. The fourth-order valence-electron chi connectivity index (χ4n) is 0.978. The van der Waals surface area contributed by atoms with Gasteiger partial charge in [-0.2, -0.15) is 0 Å². The van der Waals surface area contributed by atoms with Gasteiger partial charge in [0.15, 0.2) is 0 Å². The second-order valence-corrected chi connectivity index (χ2v) is 4.04. The van der Waals surface area contributed by atoms with E-state index in [1.54, 1.807) is 0 Å². The highest BCUT2D eigenvalue weighted by atomic mass is 79.9. The molecule has 0 fully saturated rings. The summed E-state index contributed by atoms with van der Waals surface area (Å²) >= 11 is 6.03. The monoisotopic (exact) mass is 347 g/mol. The number of hydrogen-bond donors (Lipinski definition) is 1. The van der Waals surface area contributed by atoms with Gasteiger partial charge >= 0.3 is 6.36 Å². The summed E-state index contributed by atoms with van der Waals surface area (Å²) in [4.78, 5) is 0. The van der Waals surface area contributed by atoms with Crippen LogP contribution in [-0.4, -0.2) is 6.36 Å². The molecule has 15 heavy (non-hydrogen) atoms. The lowest BCUT2D eigenvalue weighted by atomic mass is 10.2. The molecule has 0 aromatic heterocycles. The number of halogens is 5. The molecule has 0 aliphatic rings. The summed E-state index contributed by atoms with van der Waals surface area (Å²) in [6, 6.07) is 2.91. The molecule has 84 valence electrons. The van der Waals surface area contributed by atoms with E-state index in [9.17, 15) is 13.2 Å². The second-order valence-electron chi connectivity index (χ2n) is 2.63. The van der Waals surface area contributed by atoms with Gasteiger partial charge in [0.1, 0.15) is 5.75 Å². The molecule has 1 aromatic carbocycles. The van der Waals surface area contributed by atoms with Crippen LogP contribution in [0.1, 0.15) is 5.56 Å². The van der Waals surface area contributed by atoms with Crippen molar-refractivity contribution in [3.05, 3.63) is 22.2 Å². The van der Waals surface area contributed by atoms with Crippen molar-refractivity contribution in [3.63, 3.8) is 0 Å². The molecule has 0 radical (unpaired) electrons. The lowest BCUT2D eigenvalue weighted by molar-refractivity contribution is -0.275. The first kappa shape index (κ1) is 12.6. The average molecular weight is 349 g/mol. The molecule has 0 atom stereocenters. The minimum Gasteiger partial charge on any atom is -0.404 e. The van der Waals surface area contributed by atoms with Gasteiger partial charge < -0.3 is 10.5 Å². The lowest BCUT2D eigenvalue weighted by Crippen LogP contribution is -2.18. The Morgan fingerprint density at radius 2 is 1.93 bits per heavy atom. The van der Waals surface area contributed by atoms with E-state index in [1.165, 1.54) is 12.1 Å². The van der Waals surface area contributed by atoms with Gasteiger partial charge in [-0.05, 0) is 28.1 Å². The van der Waals surface area contributed by atoms with Crippen molar-refractivity contribution in [1.82, 2.24) is 0 Å². The van der Waals surface area contributed by atoms with Crippen molar-refractivity contribution < 1.29 is 17.9 Å². The van der Waals surface area contributed by atoms with Crippen molar-refractivity contribution in [3.8, 4) is 5.75 Å². The molecule has 0 aliphatic heterocycles. The van der Waals surface area contributed by atoms with Crippen LogP contribution in [0.4, 0.5) is 18.9 Å². The summed E-state index contributed by atoms with van der Waals surface area (Å²) in [6.45, 7) is 0. The fourth-order valence-corrected chi connectivity index (χ4v) is 2.01. The number of benzene rings is 1. The summed E-state index contributed by atoms with van der Waals surface area (Å²) in [6.07, 6.45) is -4.73. The van der Waals surface area contributed by atoms with Gasteiger partial charge in [0, 0.05) is 16.6 Å². The van der Waals surface area contributed by atoms with Gasteiger partial charge in [-0.25, -0.2) is 0 Å². The third-order valence-electron chi connectivity index (χ3n) is 1.60. The van der Waals surface area contributed by atoms with Gasteiger partial charge in [0.2, 0.25) is 0 Å². The van der Waals surface area contributed by atoms with Crippen LogP contribution in [0.3, 0.4) is 0 Å². The minimum absolute atomic E-state index is 0.184. The molecule has 1 rings (SSSR count). The highest BCUT2D eigenvalue weighted by Gasteiger charge is 2.33. The number of anilines is 1. The Morgan fingerprint density at radius 3 is 2.40 bits per heavy atom. The molecule has 2 N–H and O–H groups in total. The van der Waals surface area contributed by atoms with Crippen LogP contribution < -0.4 is 10.5 Å². The van der Waals surface area contributed by atoms with Crippen molar-refractivity contribution in [2.24, 2.45) is 0 Å². The van der Waals surface area contributed by atoms with E-state index in [0.29, 0.717) is 0 Å². The molecule has 2 nitrogen and oxygen atoms in total. The van der Waals surface area contributed by atoms with Crippen LogP contribution in [0.15, 0.2) is 16.6 Å². The Morgan fingerprint density at radius 1 is 1.33 bits per heavy atom. The molecule has 0 amide bonds. The van der Waals surface area contributed by atoms with Crippen LogP contribution in [-0.2, 0) is 5.33 Å². The zero-order chi connectivity index (χ0) is 11.6. The maximum absolute atomic E-state index is 12.1. The number of nitrogens with two attached hydrogens (primary N) is 1. The number of rotatable bonds is 2. The molecule has 0 unspecified atom stereocenters. The molecular weight excluding hydrogens is 343 g/mol. The van der Waals surface area contributed by atoms with Crippen LogP contribution in [0.2, 0.25) is 0 Å². The van der Waals surface area contributed by atoms with Crippen LogP contribution in [0, 0.1) is 0 Å². The van der Waals surface area contributed by atoms with Crippen LogP contribution >= 0.6 is 31.9 Å². The summed E-state index contributed by atoms with van der Waals surface area (Å²) in [5, 5.41) is 0.184. The summed E-state index contributed by atoms with van der Waals surface area (Å²) in [5.41, 5.74) is 6.03. The first-order valence-corrected chi connectivity index (χ1v) is 5.65. The van der Waals surface area contributed by atoms with E-state index in [1.807, 2.05) is 0 Å². The molecule has 0 saturated carbocycles. The van der Waals surface area contributed by atoms with E-state index in [4.69, 9.17) is 5.73 Å². The SMILES string of the molecule is Nc1ccc(Br)c(OC(F)(F)F)c1CBr. The van der Waals surface area contributed by atoms with Gasteiger partial charge in [0.05, 0.1) is 4.47 Å². The average Bonchev–Trinajstić information content (AvgIpc) is 2.10. The van der Waals surface area contributed by atoms with Crippen LogP contribution in [0.25, 0.3) is 0 Å². The van der Waals surface area contributed by atoms with Crippen molar-refractivity contribution >= 4 is 37.5 Å². The molecule has 0 saturated heterocycles. The second kappa shape index (κ2) is 4.61. The Kier molecular flexibility index (Phi) is 3.88. The highest BCUT2D eigenvalue weighted by Crippen LogP contribution is 2.37. The van der Waals surface area contributed by atoms with Crippen molar-refractivity contribution in [1.29, 1.82) is 0 Å². The first-order chi connectivity index (χ1) is 6.85. The molecular formula is C8H6Br2F3NO. The smallest absolute Gasteiger partial charge is 0.404 e. The number of hydrogen-bond acceptors (Lipinski definition) is 2. The quantitative estimate of drug-likeness (QED) is 0.651. The molecule has 1 aromatic rings. The summed E-state index contributed by atoms with van der Waals surface area (Å²) in [7, 11) is 0. The van der Waals surface area contributed by atoms with Crippen LogP contribution in [0.5, 0.6) is 5.75 Å². The highest BCUT2D eigenvalue weighted by molar-refractivity contribution is 9.10.